The predicted octanol–water partition coefficient (Wildman–Crippen LogP) is 4.39. The van der Waals surface area contributed by atoms with Gasteiger partial charge in [-0.2, -0.15) is 10.1 Å². The second kappa shape index (κ2) is 8.65. The number of piperazine rings is 1. The maximum Gasteiger partial charge on any atom is 0.272 e. The third kappa shape index (κ3) is 4.51. The van der Waals surface area contributed by atoms with E-state index in [1.165, 1.54) is 18.4 Å². The molecule has 1 atom stereocenters. The van der Waals surface area contributed by atoms with E-state index in [1.807, 2.05) is 39.9 Å². The van der Waals surface area contributed by atoms with Gasteiger partial charge in [-0.3, -0.25) is 14.4 Å². The molecule has 34 heavy (non-hydrogen) atoms. The first-order valence-corrected chi connectivity index (χ1v) is 12.2. The van der Waals surface area contributed by atoms with Gasteiger partial charge in [-0.1, -0.05) is 35.0 Å². The highest BCUT2D eigenvalue weighted by atomic mass is 16.5. The number of nitrogens with zero attached hydrogens (tertiary/aromatic N) is 6. The van der Waals surface area contributed by atoms with Gasteiger partial charge in [0.05, 0.1) is 17.3 Å². The number of rotatable bonds is 5. The molecule has 0 radical (unpaired) electrons. The Morgan fingerprint density at radius 3 is 2.38 bits per heavy atom. The van der Waals surface area contributed by atoms with Gasteiger partial charge >= 0.3 is 0 Å². The third-order valence-electron chi connectivity index (χ3n) is 6.84. The molecule has 1 saturated carbocycles. The van der Waals surface area contributed by atoms with Crippen molar-refractivity contribution < 1.29 is 9.32 Å². The minimum Gasteiger partial charge on any atom is -0.337 e. The van der Waals surface area contributed by atoms with Crippen molar-refractivity contribution in [3.8, 4) is 11.4 Å². The van der Waals surface area contributed by atoms with Crippen LogP contribution in [0.5, 0.6) is 0 Å². The number of carbonyl (C=O) groups is 1. The summed E-state index contributed by atoms with van der Waals surface area (Å²) in [5, 5.41) is 8.99. The Morgan fingerprint density at radius 1 is 1.09 bits per heavy atom. The summed E-state index contributed by atoms with van der Waals surface area (Å²) < 4.78 is 7.52. The van der Waals surface area contributed by atoms with Crippen LogP contribution in [0.1, 0.15) is 80.1 Å². The molecule has 1 saturated heterocycles. The van der Waals surface area contributed by atoms with E-state index in [1.54, 1.807) is 0 Å². The maximum atomic E-state index is 13.5. The van der Waals surface area contributed by atoms with E-state index in [9.17, 15) is 4.79 Å². The molecule has 8 heteroatoms. The summed E-state index contributed by atoms with van der Waals surface area (Å²) in [4.78, 5) is 22.3. The molecule has 1 unspecified atom stereocenters. The normalized spacial score (nSPS) is 18.3. The van der Waals surface area contributed by atoms with Crippen molar-refractivity contribution in [2.75, 3.05) is 26.2 Å². The molecule has 1 amide bonds. The van der Waals surface area contributed by atoms with Crippen LogP contribution >= 0.6 is 0 Å². The number of benzene rings is 1. The first-order chi connectivity index (χ1) is 16.2. The van der Waals surface area contributed by atoms with Crippen LogP contribution < -0.4 is 0 Å². The van der Waals surface area contributed by atoms with Crippen molar-refractivity contribution in [3.63, 3.8) is 0 Å². The Hall–Kier alpha value is -3.00. The maximum absolute atomic E-state index is 13.5. The smallest absolute Gasteiger partial charge is 0.272 e. The molecule has 5 rings (SSSR count). The number of aryl methyl sites for hydroxylation is 1. The van der Waals surface area contributed by atoms with Crippen LogP contribution in [0.25, 0.3) is 11.4 Å². The Labute approximate surface area is 200 Å². The van der Waals surface area contributed by atoms with Crippen molar-refractivity contribution in [2.24, 2.45) is 0 Å². The zero-order valence-electron chi connectivity index (χ0n) is 20.8. The van der Waals surface area contributed by atoms with E-state index in [4.69, 9.17) is 9.62 Å². The van der Waals surface area contributed by atoms with Crippen molar-refractivity contribution in [1.29, 1.82) is 0 Å². The van der Waals surface area contributed by atoms with Crippen LogP contribution in [0.3, 0.4) is 0 Å². The number of aromatic nitrogens is 4. The molecule has 3 heterocycles. The Balaban J connectivity index is 1.25. The van der Waals surface area contributed by atoms with E-state index >= 15 is 0 Å². The second-order valence-electron chi connectivity index (χ2n) is 10.6. The summed E-state index contributed by atoms with van der Waals surface area (Å²) in [6, 6.07) is 10.1. The van der Waals surface area contributed by atoms with Crippen LogP contribution in [0.4, 0.5) is 0 Å². The van der Waals surface area contributed by atoms with Gasteiger partial charge in [0.25, 0.3) is 5.91 Å². The topological polar surface area (TPSA) is 80.3 Å². The largest absolute Gasteiger partial charge is 0.337 e. The first-order valence-electron chi connectivity index (χ1n) is 12.2. The fraction of sp³-hybridized carbons (Fsp3) is 0.538. The fourth-order valence-corrected chi connectivity index (χ4v) is 4.50. The third-order valence-corrected chi connectivity index (χ3v) is 6.84. The summed E-state index contributed by atoms with van der Waals surface area (Å²) in [5.74, 6) is 1.81. The number of amides is 1. The molecule has 2 aliphatic rings. The minimum absolute atomic E-state index is 0.00878. The number of hydrogen-bond donors (Lipinski definition) is 0. The summed E-state index contributed by atoms with van der Waals surface area (Å²) >= 11 is 0. The molecule has 2 fully saturated rings. The van der Waals surface area contributed by atoms with Crippen LogP contribution in [0.15, 0.2) is 34.9 Å². The molecule has 8 nitrogen and oxygen atoms in total. The number of hydrogen-bond acceptors (Lipinski definition) is 6. The molecule has 0 spiro atoms. The number of carbonyl (C=O) groups excluding carboxylic acids is 1. The lowest BCUT2D eigenvalue weighted by atomic mass is 10.1. The lowest BCUT2D eigenvalue weighted by Crippen LogP contribution is -2.50. The highest BCUT2D eigenvalue weighted by Gasteiger charge is 2.34. The quantitative estimate of drug-likeness (QED) is 0.559. The zero-order valence-corrected chi connectivity index (χ0v) is 20.8. The van der Waals surface area contributed by atoms with Gasteiger partial charge in [-0.15, -0.1) is 0 Å². The van der Waals surface area contributed by atoms with Gasteiger partial charge < -0.3 is 9.42 Å². The molecule has 180 valence electrons. The van der Waals surface area contributed by atoms with Crippen molar-refractivity contribution >= 4 is 5.91 Å². The Morgan fingerprint density at radius 2 is 1.76 bits per heavy atom. The van der Waals surface area contributed by atoms with Crippen LogP contribution in [-0.4, -0.2) is 61.8 Å². The average Bonchev–Trinajstić information content (AvgIpc) is 3.37. The summed E-state index contributed by atoms with van der Waals surface area (Å²) in [5.41, 5.74) is 3.68. The van der Waals surface area contributed by atoms with Gasteiger partial charge in [0.2, 0.25) is 11.7 Å². The van der Waals surface area contributed by atoms with Crippen molar-refractivity contribution in [1.82, 2.24) is 29.7 Å². The molecule has 1 aliphatic carbocycles. The van der Waals surface area contributed by atoms with Crippen LogP contribution in [-0.2, 0) is 5.54 Å². The molecule has 3 aromatic rings. The van der Waals surface area contributed by atoms with Gasteiger partial charge in [-0.25, -0.2) is 0 Å². The van der Waals surface area contributed by atoms with E-state index in [0.717, 1.165) is 24.3 Å². The average molecular weight is 463 g/mol. The molecule has 1 aliphatic heterocycles. The van der Waals surface area contributed by atoms with Crippen molar-refractivity contribution in [2.45, 2.75) is 65.0 Å². The lowest BCUT2D eigenvalue weighted by Gasteiger charge is -2.37. The molecule has 1 aromatic carbocycles. The van der Waals surface area contributed by atoms with E-state index in [0.29, 0.717) is 36.4 Å². The van der Waals surface area contributed by atoms with E-state index in [-0.39, 0.29) is 17.5 Å². The first kappa shape index (κ1) is 22.8. The van der Waals surface area contributed by atoms with Crippen molar-refractivity contribution in [3.05, 3.63) is 53.2 Å². The van der Waals surface area contributed by atoms with Crippen LogP contribution in [0, 0.1) is 6.92 Å². The molecule has 0 bridgehead atoms. The van der Waals surface area contributed by atoms with Gasteiger partial charge in [0.1, 0.15) is 5.69 Å². The van der Waals surface area contributed by atoms with E-state index in [2.05, 4.69) is 49.7 Å². The SMILES string of the molecule is Cc1ccc(-c2noc(C(C)N3CCN(C(=O)c4cc(C5CC5)nn4C(C)(C)C)CC3)n2)cc1. The summed E-state index contributed by atoms with van der Waals surface area (Å²) in [7, 11) is 0. The van der Waals surface area contributed by atoms with Crippen LogP contribution in [0.2, 0.25) is 0 Å². The summed E-state index contributed by atoms with van der Waals surface area (Å²) in [6.07, 6.45) is 2.35. The highest BCUT2D eigenvalue weighted by molar-refractivity contribution is 5.93. The Bertz CT molecular complexity index is 1160. The molecular weight excluding hydrogens is 428 g/mol. The van der Waals surface area contributed by atoms with Gasteiger partial charge in [-0.05, 0) is 53.5 Å². The lowest BCUT2D eigenvalue weighted by molar-refractivity contribution is 0.0534. The standard InChI is InChI=1S/C26H34N6O2/c1-17-6-8-20(9-7-17)23-27-24(34-29-23)18(2)30-12-14-31(15-13-30)25(33)22-16-21(19-10-11-19)28-32(22)26(3,4)5/h6-9,16,18-19H,10-15H2,1-5H3. The van der Waals surface area contributed by atoms with Gasteiger partial charge in [0.15, 0.2) is 0 Å². The predicted molar refractivity (Wildman–Crippen MR) is 130 cm³/mol. The summed E-state index contributed by atoms with van der Waals surface area (Å²) in [6.45, 7) is 13.3. The monoisotopic (exact) mass is 462 g/mol. The molecular formula is C26H34N6O2. The fourth-order valence-electron chi connectivity index (χ4n) is 4.50. The molecule has 2 aromatic heterocycles. The zero-order chi connectivity index (χ0) is 24.0. The minimum atomic E-state index is -0.235. The Kier molecular flexibility index (Phi) is 5.80. The molecule has 0 N–H and O–H groups in total. The highest BCUT2D eigenvalue weighted by Crippen LogP contribution is 2.40. The van der Waals surface area contributed by atoms with Gasteiger partial charge in [0, 0.05) is 37.7 Å². The van der Waals surface area contributed by atoms with E-state index < -0.39 is 0 Å². The second-order valence-corrected chi connectivity index (χ2v) is 10.6.